The van der Waals surface area contributed by atoms with Gasteiger partial charge in [-0.05, 0) is 36.6 Å². The summed E-state index contributed by atoms with van der Waals surface area (Å²) in [5.74, 6) is 0.631. The van der Waals surface area contributed by atoms with Crippen LogP contribution in [0.3, 0.4) is 0 Å². The van der Waals surface area contributed by atoms with Crippen molar-refractivity contribution in [2.75, 3.05) is 11.9 Å². The molecule has 24 heavy (non-hydrogen) atoms. The number of nitrogens with zero attached hydrogens (tertiary/aromatic N) is 2. The summed E-state index contributed by atoms with van der Waals surface area (Å²) in [5.41, 5.74) is 0.940. The second-order valence-corrected chi connectivity index (χ2v) is 6.41. The second kappa shape index (κ2) is 9.82. The predicted octanol–water partition coefficient (Wildman–Crippen LogP) is 4.32. The lowest BCUT2D eigenvalue weighted by molar-refractivity contribution is -0.111. The molecule has 0 atom stereocenters. The Morgan fingerprint density at radius 3 is 2.71 bits per heavy atom. The van der Waals surface area contributed by atoms with E-state index < -0.39 is 0 Å². The number of amides is 1. The largest absolute Gasteiger partial charge is 0.494 e. The van der Waals surface area contributed by atoms with Crippen LogP contribution in [-0.4, -0.2) is 22.7 Å². The van der Waals surface area contributed by atoms with Crippen molar-refractivity contribution in [2.24, 2.45) is 0 Å². The molecule has 0 radical (unpaired) electrons. The summed E-state index contributed by atoms with van der Waals surface area (Å²) >= 11 is 1.43. The number of carbonyl (C=O) groups excluding carboxylic acids is 1. The molecule has 0 unspecified atom stereocenters. The zero-order valence-corrected chi connectivity index (χ0v) is 14.9. The molecule has 1 N–H and O–H groups in total. The van der Waals surface area contributed by atoms with Crippen molar-refractivity contribution in [3.05, 3.63) is 40.9 Å². The Hall–Kier alpha value is -2.21. The van der Waals surface area contributed by atoms with E-state index in [4.69, 9.17) is 4.74 Å². The third kappa shape index (κ3) is 6.12. The standard InChI is InChI=1S/C18H23N3O2S/c1-3-5-6-17-20-21-18(24-17)19-16(22)12-9-14-7-10-15(11-8-14)23-13-4-2/h7-12H,3-6,13H2,1-2H3,(H,19,21,22)/b12-9+. The number of nitrogens with one attached hydrogen (secondary N) is 1. The number of hydrogen-bond acceptors (Lipinski definition) is 5. The maximum atomic E-state index is 11.9. The van der Waals surface area contributed by atoms with E-state index in [0.717, 1.165) is 42.0 Å². The van der Waals surface area contributed by atoms with Gasteiger partial charge in [0.25, 0.3) is 0 Å². The van der Waals surface area contributed by atoms with Crippen LogP contribution in [0.2, 0.25) is 0 Å². The number of anilines is 1. The fourth-order valence-corrected chi connectivity index (χ4v) is 2.73. The van der Waals surface area contributed by atoms with Crippen molar-refractivity contribution in [1.29, 1.82) is 0 Å². The quantitative estimate of drug-likeness (QED) is 0.687. The highest BCUT2D eigenvalue weighted by molar-refractivity contribution is 7.15. The number of aryl methyl sites for hydroxylation is 1. The van der Waals surface area contributed by atoms with E-state index >= 15 is 0 Å². The van der Waals surface area contributed by atoms with Crippen LogP contribution >= 0.6 is 11.3 Å². The van der Waals surface area contributed by atoms with E-state index in [2.05, 4.69) is 29.4 Å². The second-order valence-electron chi connectivity index (χ2n) is 5.34. The van der Waals surface area contributed by atoms with Crippen molar-refractivity contribution in [3.63, 3.8) is 0 Å². The fraction of sp³-hybridized carbons (Fsp3) is 0.389. The van der Waals surface area contributed by atoms with Gasteiger partial charge in [-0.15, -0.1) is 10.2 Å². The van der Waals surface area contributed by atoms with Gasteiger partial charge in [-0.1, -0.05) is 43.7 Å². The predicted molar refractivity (Wildman–Crippen MR) is 98.4 cm³/mol. The molecule has 2 aromatic rings. The summed E-state index contributed by atoms with van der Waals surface area (Å²) in [6.45, 7) is 4.91. The summed E-state index contributed by atoms with van der Waals surface area (Å²) in [7, 11) is 0. The Morgan fingerprint density at radius 1 is 1.21 bits per heavy atom. The maximum absolute atomic E-state index is 11.9. The summed E-state index contributed by atoms with van der Waals surface area (Å²) in [6, 6.07) is 7.64. The van der Waals surface area contributed by atoms with Crippen LogP contribution in [0.1, 0.15) is 43.7 Å². The van der Waals surface area contributed by atoms with Gasteiger partial charge >= 0.3 is 0 Å². The van der Waals surface area contributed by atoms with Gasteiger partial charge in [0.1, 0.15) is 10.8 Å². The van der Waals surface area contributed by atoms with E-state index in [1.165, 1.54) is 17.4 Å². The molecule has 1 heterocycles. The SMILES string of the molecule is CCCCc1nnc(NC(=O)/C=C/c2ccc(OCCC)cc2)s1. The van der Waals surface area contributed by atoms with Gasteiger partial charge in [-0.25, -0.2) is 0 Å². The van der Waals surface area contributed by atoms with Crippen molar-refractivity contribution in [1.82, 2.24) is 10.2 Å². The average molecular weight is 345 g/mol. The molecular formula is C18H23N3O2S. The Labute approximate surface area is 146 Å². The maximum Gasteiger partial charge on any atom is 0.250 e. The van der Waals surface area contributed by atoms with Crippen molar-refractivity contribution >= 4 is 28.5 Å². The lowest BCUT2D eigenvalue weighted by atomic mass is 10.2. The Morgan fingerprint density at radius 2 is 2.00 bits per heavy atom. The molecule has 0 aliphatic heterocycles. The fourth-order valence-electron chi connectivity index (χ4n) is 1.95. The van der Waals surface area contributed by atoms with Gasteiger partial charge in [0.15, 0.2) is 0 Å². The van der Waals surface area contributed by atoms with Crippen molar-refractivity contribution < 1.29 is 9.53 Å². The number of rotatable bonds is 9. The average Bonchev–Trinajstić information content (AvgIpc) is 3.04. The Bertz CT molecular complexity index is 665. The van der Waals surface area contributed by atoms with Crippen LogP contribution in [0, 0.1) is 0 Å². The van der Waals surface area contributed by atoms with Crippen LogP contribution in [0.25, 0.3) is 6.08 Å². The first-order valence-electron chi connectivity index (χ1n) is 8.25. The molecule has 0 spiro atoms. The zero-order chi connectivity index (χ0) is 17.2. The normalized spacial score (nSPS) is 10.9. The van der Waals surface area contributed by atoms with Gasteiger partial charge in [0.2, 0.25) is 11.0 Å². The number of aromatic nitrogens is 2. The molecule has 0 fully saturated rings. The molecule has 0 saturated heterocycles. The topological polar surface area (TPSA) is 64.1 Å². The van der Waals surface area contributed by atoms with E-state index in [-0.39, 0.29) is 5.91 Å². The lowest BCUT2D eigenvalue weighted by Gasteiger charge is -2.03. The van der Waals surface area contributed by atoms with Crippen molar-refractivity contribution in [3.8, 4) is 5.75 Å². The highest BCUT2D eigenvalue weighted by atomic mass is 32.1. The minimum Gasteiger partial charge on any atom is -0.494 e. The molecule has 128 valence electrons. The number of ether oxygens (including phenoxy) is 1. The van der Waals surface area contributed by atoms with Crippen LogP contribution in [0.4, 0.5) is 5.13 Å². The molecule has 0 saturated carbocycles. The van der Waals surface area contributed by atoms with Gasteiger partial charge in [-0.2, -0.15) is 0 Å². The minimum atomic E-state index is -0.209. The molecule has 5 nitrogen and oxygen atoms in total. The summed E-state index contributed by atoms with van der Waals surface area (Å²) < 4.78 is 5.53. The van der Waals surface area contributed by atoms with Gasteiger partial charge in [0, 0.05) is 12.5 Å². The van der Waals surface area contributed by atoms with Crippen LogP contribution < -0.4 is 10.1 Å². The van der Waals surface area contributed by atoms with E-state index in [1.54, 1.807) is 6.08 Å². The molecule has 2 rings (SSSR count). The summed E-state index contributed by atoms with van der Waals surface area (Å²) in [4.78, 5) is 11.9. The molecule has 0 bridgehead atoms. The van der Waals surface area contributed by atoms with Crippen molar-refractivity contribution in [2.45, 2.75) is 39.5 Å². The van der Waals surface area contributed by atoms with E-state index in [9.17, 15) is 4.79 Å². The summed E-state index contributed by atoms with van der Waals surface area (Å²) in [6.07, 6.45) is 7.35. The molecule has 1 aromatic carbocycles. The van der Waals surface area contributed by atoms with Gasteiger partial charge < -0.3 is 4.74 Å². The Kier molecular flexibility index (Phi) is 7.42. The highest BCUT2D eigenvalue weighted by Gasteiger charge is 2.05. The molecular weight excluding hydrogens is 322 g/mol. The zero-order valence-electron chi connectivity index (χ0n) is 14.1. The highest BCUT2D eigenvalue weighted by Crippen LogP contribution is 2.17. The molecule has 0 aliphatic rings. The summed E-state index contributed by atoms with van der Waals surface area (Å²) in [5, 5.41) is 12.3. The van der Waals surface area contributed by atoms with Gasteiger partial charge in [-0.3, -0.25) is 10.1 Å². The van der Waals surface area contributed by atoms with Gasteiger partial charge in [0.05, 0.1) is 6.61 Å². The first-order valence-corrected chi connectivity index (χ1v) is 9.07. The first-order chi connectivity index (χ1) is 11.7. The smallest absolute Gasteiger partial charge is 0.250 e. The molecule has 1 amide bonds. The lowest BCUT2D eigenvalue weighted by Crippen LogP contribution is -2.07. The number of unbranched alkanes of at least 4 members (excludes halogenated alkanes) is 1. The van der Waals surface area contributed by atoms with E-state index in [1.807, 2.05) is 24.3 Å². The third-order valence-electron chi connectivity index (χ3n) is 3.22. The first kappa shape index (κ1) is 18.1. The van der Waals surface area contributed by atoms with Crippen LogP contribution in [-0.2, 0) is 11.2 Å². The van der Waals surface area contributed by atoms with E-state index in [0.29, 0.717) is 11.7 Å². The molecule has 6 heteroatoms. The Balaban J connectivity index is 1.84. The molecule has 0 aliphatic carbocycles. The number of benzene rings is 1. The van der Waals surface area contributed by atoms with Crippen LogP contribution in [0.5, 0.6) is 5.75 Å². The monoisotopic (exact) mass is 345 g/mol. The van der Waals surface area contributed by atoms with Crippen LogP contribution in [0.15, 0.2) is 30.3 Å². The number of carbonyl (C=O) groups is 1. The minimum absolute atomic E-state index is 0.209. The molecule has 1 aromatic heterocycles. The number of hydrogen-bond donors (Lipinski definition) is 1. The third-order valence-corrected chi connectivity index (χ3v) is 4.12.